The number of hydrogen-bond donors (Lipinski definition) is 1. The second-order valence-electron chi connectivity index (χ2n) is 4.31. The van der Waals surface area contributed by atoms with Gasteiger partial charge in [-0.05, 0) is 56.7 Å². The van der Waals surface area contributed by atoms with E-state index in [2.05, 4.69) is 36.5 Å². The molecule has 0 bridgehead atoms. The first kappa shape index (κ1) is 11.0. The molecule has 1 aliphatic rings. The predicted octanol–water partition coefficient (Wildman–Crippen LogP) is 3.09. The van der Waals surface area contributed by atoms with Crippen molar-refractivity contribution in [3.05, 3.63) is 29.8 Å². The zero-order chi connectivity index (χ0) is 10.5. The lowest BCUT2D eigenvalue weighted by molar-refractivity contribution is 0.568. The zero-order valence-electron chi connectivity index (χ0n) is 9.33. The fourth-order valence-electron chi connectivity index (χ4n) is 1.94. The molecule has 0 radical (unpaired) electrons. The second-order valence-corrected chi connectivity index (χ2v) is 5.48. The molecule has 1 atom stereocenters. The highest BCUT2D eigenvalue weighted by Crippen LogP contribution is 2.22. The fraction of sp³-hybridized carbons (Fsp3) is 0.538. The molecule has 1 aliphatic heterocycles. The van der Waals surface area contributed by atoms with Crippen molar-refractivity contribution < 1.29 is 0 Å². The maximum atomic E-state index is 3.42. The molecule has 2 rings (SSSR count). The van der Waals surface area contributed by atoms with Crippen molar-refractivity contribution in [3.63, 3.8) is 0 Å². The normalized spacial score (nSPS) is 20.7. The summed E-state index contributed by atoms with van der Waals surface area (Å²) in [6.45, 7) is 4.59. The molecular weight excluding hydrogens is 202 g/mol. The Morgan fingerprint density at radius 2 is 2.13 bits per heavy atom. The molecule has 1 fully saturated rings. The molecule has 0 spiro atoms. The quantitative estimate of drug-likeness (QED) is 0.784. The Morgan fingerprint density at radius 1 is 1.33 bits per heavy atom. The largest absolute Gasteiger partial charge is 0.316 e. The third-order valence-corrected chi connectivity index (χ3v) is 4.02. The van der Waals surface area contributed by atoms with E-state index in [0.29, 0.717) is 0 Å². The Bertz CT molecular complexity index is 288. The summed E-state index contributed by atoms with van der Waals surface area (Å²) in [4.78, 5) is 1.41. The molecule has 0 aromatic heterocycles. The molecule has 1 saturated heterocycles. The van der Waals surface area contributed by atoms with Gasteiger partial charge >= 0.3 is 0 Å². The van der Waals surface area contributed by atoms with Crippen LogP contribution >= 0.6 is 11.8 Å². The Balaban J connectivity index is 1.71. The summed E-state index contributed by atoms with van der Waals surface area (Å²) in [6.07, 6.45) is 2.72. The van der Waals surface area contributed by atoms with Gasteiger partial charge < -0.3 is 5.32 Å². The summed E-state index contributed by atoms with van der Waals surface area (Å²) >= 11 is 1.99. The van der Waals surface area contributed by atoms with E-state index in [4.69, 9.17) is 0 Å². The standard InChI is InChI=1S/C13H19NS/c1-11-2-4-13(5-3-11)15-9-7-12-6-8-14-10-12/h2-5,12,14H,6-10H2,1H3. The fourth-order valence-corrected chi connectivity index (χ4v) is 2.95. The Morgan fingerprint density at radius 3 is 2.80 bits per heavy atom. The number of thioether (sulfide) groups is 1. The van der Waals surface area contributed by atoms with Crippen molar-refractivity contribution in [1.82, 2.24) is 5.32 Å². The number of nitrogens with one attached hydrogen (secondary N) is 1. The summed E-state index contributed by atoms with van der Waals surface area (Å²) in [7, 11) is 0. The van der Waals surface area contributed by atoms with Gasteiger partial charge in [-0.15, -0.1) is 11.8 Å². The first-order valence-corrected chi connectivity index (χ1v) is 6.73. The third-order valence-electron chi connectivity index (χ3n) is 2.98. The van der Waals surface area contributed by atoms with Crippen LogP contribution in [0.15, 0.2) is 29.2 Å². The van der Waals surface area contributed by atoms with Gasteiger partial charge in [0.25, 0.3) is 0 Å². The maximum absolute atomic E-state index is 3.42. The highest BCUT2D eigenvalue weighted by Gasteiger charge is 2.13. The topological polar surface area (TPSA) is 12.0 Å². The van der Waals surface area contributed by atoms with Gasteiger partial charge in [-0.25, -0.2) is 0 Å². The molecule has 1 heterocycles. The summed E-state index contributed by atoms with van der Waals surface area (Å²) in [5, 5.41) is 3.42. The molecule has 1 nitrogen and oxygen atoms in total. The van der Waals surface area contributed by atoms with Crippen molar-refractivity contribution >= 4 is 11.8 Å². The average molecular weight is 221 g/mol. The van der Waals surface area contributed by atoms with E-state index < -0.39 is 0 Å². The Labute approximate surface area is 96.7 Å². The first-order valence-electron chi connectivity index (χ1n) is 5.75. The molecule has 1 aromatic rings. The summed E-state index contributed by atoms with van der Waals surface area (Å²) < 4.78 is 0. The van der Waals surface area contributed by atoms with Crippen molar-refractivity contribution in [1.29, 1.82) is 0 Å². The Kier molecular flexibility index (Phi) is 4.09. The van der Waals surface area contributed by atoms with Crippen LogP contribution in [0.25, 0.3) is 0 Å². The van der Waals surface area contributed by atoms with Gasteiger partial charge in [0.1, 0.15) is 0 Å². The van der Waals surface area contributed by atoms with Crippen LogP contribution in [0.2, 0.25) is 0 Å². The van der Waals surface area contributed by atoms with E-state index in [1.807, 2.05) is 11.8 Å². The number of hydrogen-bond acceptors (Lipinski definition) is 2. The van der Waals surface area contributed by atoms with Crippen molar-refractivity contribution in [2.45, 2.75) is 24.7 Å². The number of aryl methyl sites for hydroxylation is 1. The van der Waals surface area contributed by atoms with Crippen LogP contribution in [0.4, 0.5) is 0 Å². The zero-order valence-corrected chi connectivity index (χ0v) is 10.1. The van der Waals surface area contributed by atoms with Gasteiger partial charge in [-0.2, -0.15) is 0 Å². The van der Waals surface area contributed by atoms with Crippen LogP contribution < -0.4 is 5.32 Å². The van der Waals surface area contributed by atoms with E-state index in [9.17, 15) is 0 Å². The lowest BCUT2D eigenvalue weighted by atomic mass is 10.1. The highest BCUT2D eigenvalue weighted by atomic mass is 32.2. The molecule has 0 saturated carbocycles. The number of benzene rings is 1. The van der Waals surface area contributed by atoms with Crippen LogP contribution in [0.3, 0.4) is 0 Å². The molecule has 1 N–H and O–H groups in total. The van der Waals surface area contributed by atoms with E-state index in [-0.39, 0.29) is 0 Å². The van der Waals surface area contributed by atoms with E-state index in [0.717, 1.165) is 5.92 Å². The first-order chi connectivity index (χ1) is 7.34. The smallest absolute Gasteiger partial charge is 0.00721 e. The summed E-state index contributed by atoms with van der Waals surface area (Å²) in [5.41, 5.74) is 1.35. The summed E-state index contributed by atoms with van der Waals surface area (Å²) in [6, 6.07) is 8.85. The molecule has 1 unspecified atom stereocenters. The lowest BCUT2D eigenvalue weighted by Gasteiger charge is -2.07. The molecular formula is C13H19NS. The van der Waals surface area contributed by atoms with Crippen molar-refractivity contribution in [3.8, 4) is 0 Å². The van der Waals surface area contributed by atoms with Crippen LogP contribution in [0, 0.1) is 12.8 Å². The SMILES string of the molecule is Cc1ccc(SCCC2CCNC2)cc1. The molecule has 2 heteroatoms. The highest BCUT2D eigenvalue weighted by molar-refractivity contribution is 7.99. The molecule has 82 valence electrons. The Hall–Kier alpha value is -0.470. The minimum absolute atomic E-state index is 0.919. The summed E-state index contributed by atoms with van der Waals surface area (Å²) in [5.74, 6) is 2.18. The molecule has 0 aliphatic carbocycles. The van der Waals surface area contributed by atoms with Gasteiger partial charge in [-0.1, -0.05) is 17.7 Å². The van der Waals surface area contributed by atoms with E-state index >= 15 is 0 Å². The van der Waals surface area contributed by atoms with Crippen molar-refractivity contribution in [2.24, 2.45) is 5.92 Å². The average Bonchev–Trinajstić information content (AvgIpc) is 2.74. The van der Waals surface area contributed by atoms with E-state index in [1.165, 1.54) is 42.1 Å². The molecule has 1 aromatic carbocycles. The van der Waals surface area contributed by atoms with Crippen molar-refractivity contribution in [2.75, 3.05) is 18.8 Å². The van der Waals surface area contributed by atoms with Gasteiger partial charge in [0, 0.05) is 4.90 Å². The van der Waals surface area contributed by atoms with Crippen LogP contribution in [-0.2, 0) is 0 Å². The molecule has 15 heavy (non-hydrogen) atoms. The van der Waals surface area contributed by atoms with E-state index in [1.54, 1.807) is 0 Å². The van der Waals surface area contributed by atoms with Crippen LogP contribution in [0.5, 0.6) is 0 Å². The lowest BCUT2D eigenvalue weighted by Crippen LogP contribution is -2.09. The maximum Gasteiger partial charge on any atom is 0.00721 e. The van der Waals surface area contributed by atoms with Gasteiger partial charge in [0.15, 0.2) is 0 Å². The van der Waals surface area contributed by atoms with Gasteiger partial charge in [0.05, 0.1) is 0 Å². The van der Waals surface area contributed by atoms with Gasteiger partial charge in [0.2, 0.25) is 0 Å². The number of rotatable bonds is 4. The van der Waals surface area contributed by atoms with Gasteiger partial charge in [-0.3, -0.25) is 0 Å². The molecule has 0 amide bonds. The van der Waals surface area contributed by atoms with Crippen LogP contribution in [-0.4, -0.2) is 18.8 Å². The minimum Gasteiger partial charge on any atom is -0.316 e. The second kappa shape index (κ2) is 5.57. The monoisotopic (exact) mass is 221 g/mol. The predicted molar refractivity (Wildman–Crippen MR) is 67.5 cm³/mol. The van der Waals surface area contributed by atoms with Crippen LogP contribution in [0.1, 0.15) is 18.4 Å². The minimum atomic E-state index is 0.919. The third kappa shape index (κ3) is 3.54.